The van der Waals surface area contributed by atoms with Crippen molar-refractivity contribution < 1.29 is 9.53 Å². The van der Waals surface area contributed by atoms with Crippen molar-refractivity contribution in [3.05, 3.63) is 36.0 Å². The monoisotopic (exact) mass is 246 g/mol. The van der Waals surface area contributed by atoms with Gasteiger partial charge in [0.25, 0.3) is 5.91 Å². The third-order valence-corrected chi connectivity index (χ3v) is 2.56. The molecule has 0 spiro atoms. The molecule has 1 aromatic carbocycles. The minimum Gasteiger partial charge on any atom is -0.495 e. The topological polar surface area (TPSA) is 82.2 Å². The van der Waals surface area contributed by atoms with Crippen LogP contribution in [0.5, 0.6) is 5.75 Å². The maximum atomic E-state index is 12.0. The number of methoxy groups -OCH3 is 1. The van der Waals surface area contributed by atoms with Crippen LogP contribution in [0.25, 0.3) is 0 Å². The zero-order valence-corrected chi connectivity index (χ0v) is 10.2. The average molecular weight is 246 g/mol. The molecule has 0 radical (unpaired) electrons. The Hall–Kier alpha value is -2.50. The minimum atomic E-state index is -0.239. The number of aryl methyl sites for hydroxylation is 1. The van der Waals surface area contributed by atoms with E-state index >= 15 is 0 Å². The fourth-order valence-electron chi connectivity index (χ4n) is 1.54. The summed E-state index contributed by atoms with van der Waals surface area (Å²) in [5, 5.41) is 6.71. The van der Waals surface area contributed by atoms with Crippen LogP contribution in [0, 0.1) is 0 Å². The van der Waals surface area contributed by atoms with Crippen molar-refractivity contribution in [2.75, 3.05) is 18.2 Å². The molecule has 6 heteroatoms. The highest BCUT2D eigenvalue weighted by Gasteiger charge is 2.10. The second-order valence-corrected chi connectivity index (χ2v) is 3.75. The Morgan fingerprint density at radius 2 is 2.22 bits per heavy atom. The summed E-state index contributed by atoms with van der Waals surface area (Å²) in [6.45, 7) is 0. The number of anilines is 2. The molecule has 0 aliphatic rings. The van der Waals surface area contributed by atoms with Gasteiger partial charge in [-0.05, 0) is 18.2 Å². The number of amides is 1. The molecule has 1 aromatic heterocycles. The van der Waals surface area contributed by atoms with Gasteiger partial charge in [0.2, 0.25) is 0 Å². The maximum absolute atomic E-state index is 12.0. The van der Waals surface area contributed by atoms with E-state index in [-0.39, 0.29) is 5.91 Å². The number of nitrogens with zero attached hydrogens (tertiary/aromatic N) is 2. The van der Waals surface area contributed by atoms with Gasteiger partial charge in [0.1, 0.15) is 11.6 Å². The van der Waals surface area contributed by atoms with E-state index in [2.05, 4.69) is 10.4 Å². The van der Waals surface area contributed by atoms with Crippen molar-refractivity contribution in [1.82, 2.24) is 9.78 Å². The Morgan fingerprint density at radius 3 is 2.83 bits per heavy atom. The van der Waals surface area contributed by atoms with Gasteiger partial charge in [-0.1, -0.05) is 0 Å². The van der Waals surface area contributed by atoms with Crippen LogP contribution < -0.4 is 15.8 Å². The molecule has 1 heterocycles. The number of ether oxygens (including phenoxy) is 1. The molecule has 0 aliphatic carbocycles. The zero-order chi connectivity index (χ0) is 13.1. The Bertz CT molecular complexity index is 577. The molecule has 0 saturated carbocycles. The van der Waals surface area contributed by atoms with E-state index in [1.807, 2.05) is 0 Å². The molecule has 0 aliphatic heterocycles. The van der Waals surface area contributed by atoms with Crippen molar-refractivity contribution in [3.63, 3.8) is 0 Å². The van der Waals surface area contributed by atoms with Gasteiger partial charge in [0, 0.05) is 18.7 Å². The molecule has 2 rings (SSSR count). The summed E-state index contributed by atoms with van der Waals surface area (Å²) in [6.07, 6.45) is 1.61. The van der Waals surface area contributed by atoms with Crippen LogP contribution in [0.3, 0.4) is 0 Å². The van der Waals surface area contributed by atoms with Gasteiger partial charge < -0.3 is 15.8 Å². The van der Waals surface area contributed by atoms with Crippen molar-refractivity contribution in [3.8, 4) is 5.75 Å². The minimum absolute atomic E-state index is 0.239. The molecule has 18 heavy (non-hydrogen) atoms. The predicted molar refractivity (Wildman–Crippen MR) is 68.6 cm³/mol. The van der Waals surface area contributed by atoms with E-state index in [1.54, 1.807) is 42.2 Å². The summed E-state index contributed by atoms with van der Waals surface area (Å²) in [4.78, 5) is 12.0. The maximum Gasteiger partial charge on any atom is 0.256 e. The lowest BCUT2D eigenvalue weighted by molar-refractivity contribution is 0.102. The van der Waals surface area contributed by atoms with Crippen LogP contribution in [-0.4, -0.2) is 22.8 Å². The molecule has 0 bridgehead atoms. The number of hydrogen-bond donors (Lipinski definition) is 2. The summed E-state index contributed by atoms with van der Waals surface area (Å²) in [5.41, 5.74) is 6.66. The molecule has 0 saturated heterocycles. The average Bonchev–Trinajstić information content (AvgIpc) is 2.75. The van der Waals surface area contributed by atoms with E-state index in [9.17, 15) is 4.79 Å². The van der Waals surface area contributed by atoms with E-state index in [0.717, 1.165) is 0 Å². The molecule has 3 N–H and O–H groups in total. The molecule has 0 unspecified atom stereocenters. The van der Waals surface area contributed by atoms with Gasteiger partial charge in [-0.3, -0.25) is 9.48 Å². The predicted octanol–water partition coefficient (Wildman–Crippen LogP) is 1.26. The fourth-order valence-corrected chi connectivity index (χ4v) is 1.54. The molecule has 0 fully saturated rings. The van der Waals surface area contributed by atoms with Crippen LogP contribution in [-0.2, 0) is 7.05 Å². The number of nitrogens with one attached hydrogen (secondary N) is 1. The van der Waals surface area contributed by atoms with Crippen molar-refractivity contribution in [1.29, 1.82) is 0 Å². The first-order chi connectivity index (χ1) is 8.61. The Labute approximate surface area is 104 Å². The summed E-state index contributed by atoms with van der Waals surface area (Å²) >= 11 is 0. The van der Waals surface area contributed by atoms with Crippen molar-refractivity contribution in [2.24, 2.45) is 7.05 Å². The van der Waals surface area contributed by atoms with E-state index in [4.69, 9.17) is 10.5 Å². The zero-order valence-electron chi connectivity index (χ0n) is 10.2. The van der Waals surface area contributed by atoms with Crippen LogP contribution in [0.15, 0.2) is 30.5 Å². The Kier molecular flexibility index (Phi) is 3.18. The second-order valence-electron chi connectivity index (χ2n) is 3.75. The van der Waals surface area contributed by atoms with E-state index in [1.165, 1.54) is 7.11 Å². The number of rotatable bonds is 3. The summed E-state index contributed by atoms with van der Waals surface area (Å²) in [7, 11) is 3.26. The summed E-state index contributed by atoms with van der Waals surface area (Å²) < 4.78 is 6.65. The molecule has 0 atom stereocenters. The largest absolute Gasteiger partial charge is 0.495 e. The summed E-state index contributed by atoms with van der Waals surface area (Å²) in [5.74, 6) is 0.861. The highest BCUT2D eigenvalue weighted by Crippen LogP contribution is 2.22. The normalized spacial score (nSPS) is 10.1. The summed E-state index contributed by atoms with van der Waals surface area (Å²) in [6, 6.07) is 6.59. The third kappa shape index (κ3) is 2.27. The van der Waals surface area contributed by atoms with Crippen LogP contribution >= 0.6 is 0 Å². The fraction of sp³-hybridized carbons (Fsp3) is 0.167. The number of nitrogens with two attached hydrogens (primary N) is 1. The van der Waals surface area contributed by atoms with Gasteiger partial charge in [-0.2, -0.15) is 5.10 Å². The van der Waals surface area contributed by atoms with Gasteiger partial charge >= 0.3 is 0 Å². The smallest absolute Gasteiger partial charge is 0.256 e. The van der Waals surface area contributed by atoms with E-state index < -0.39 is 0 Å². The lowest BCUT2D eigenvalue weighted by atomic mass is 10.2. The first kappa shape index (κ1) is 12.0. The Balaban J connectivity index is 2.21. The Morgan fingerprint density at radius 1 is 1.44 bits per heavy atom. The van der Waals surface area contributed by atoms with Crippen LogP contribution in [0.1, 0.15) is 10.4 Å². The van der Waals surface area contributed by atoms with Crippen LogP contribution in [0.4, 0.5) is 11.5 Å². The third-order valence-electron chi connectivity index (χ3n) is 2.56. The number of hydrogen-bond acceptors (Lipinski definition) is 4. The lowest BCUT2D eigenvalue weighted by Gasteiger charge is -2.08. The second kappa shape index (κ2) is 4.79. The van der Waals surface area contributed by atoms with Gasteiger partial charge in [0.15, 0.2) is 0 Å². The molecule has 1 amide bonds. The van der Waals surface area contributed by atoms with Gasteiger partial charge in [-0.15, -0.1) is 0 Å². The molecular formula is C12H14N4O2. The van der Waals surface area contributed by atoms with Crippen molar-refractivity contribution >= 4 is 17.4 Å². The SMILES string of the molecule is COc1cc(C(=O)Nc2ccnn2C)ccc1N. The highest BCUT2D eigenvalue weighted by atomic mass is 16.5. The number of carbonyl (C=O) groups excluding carboxylic acids is 1. The number of benzene rings is 1. The van der Waals surface area contributed by atoms with E-state index in [0.29, 0.717) is 22.8 Å². The number of carbonyl (C=O) groups is 1. The van der Waals surface area contributed by atoms with Gasteiger partial charge in [0.05, 0.1) is 19.0 Å². The van der Waals surface area contributed by atoms with Crippen molar-refractivity contribution in [2.45, 2.75) is 0 Å². The van der Waals surface area contributed by atoms with Crippen LogP contribution in [0.2, 0.25) is 0 Å². The molecular weight excluding hydrogens is 232 g/mol. The highest BCUT2D eigenvalue weighted by molar-refractivity contribution is 6.04. The first-order valence-corrected chi connectivity index (χ1v) is 5.34. The standard InChI is InChI=1S/C12H14N4O2/c1-16-11(5-6-14-16)15-12(17)8-3-4-9(13)10(7-8)18-2/h3-7H,13H2,1-2H3,(H,15,17). The number of aromatic nitrogens is 2. The molecule has 94 valence electrons. The molecule has 2 aromatic rings. The lowest BCUT2D eigenvalue weighted by Crippen LogP contribution is -2.14. The van der Waals surface area contributed by atoms with Gasteiger partial charge in [-0.25, -0.2) is 0 Å². The number of nitrogen functional groups attached to an aromatic ring is 1. The molecule has 6 nitrogen and oxygen atoms in total. The quantitative estimate of drug-likeness (QED) is 0.799. The first-order valence-electron chi connectivity index (χ1n) is 5.34.